The van der Waals surface area contributed by atoms with Gasteiger partial charge in [0.2, 0.25) is 0 Å². The average Bonchev–Trinajstić information content (AvgIpc) is 2.87. The molecule has 2 aromatic heterocycles. The van der Waals surface area contributed by atoms with Crippen molar-refractivity contribution in [2.45, 2.75) is 6.54 Å². The first kappa shape index (κ1) is 15.6. The van der Waals surface area contributed by atoms with Crippen LogP contribution in [0.1, 0.15) is 5.56 Å². The van der Waals surface area contributed by atoms with Crippen LogP contribution in [-0.2, 0) is 13.6 Å². The van der Waals surface area contributed by atoms with Crippen LogP contribution in [0.25, 0.3) is 0 Å². The lowest BCUT2D eigenvalue weighted by atomic mass is 10.3. The summed E-state index contributed by atoms with van der Waals surface area (Å²) >= 11 is 5.04. The molecule has 0 radical (unpaired) electrons. The van der Waals surface area contributed by atoms with Crippen molar-refractivity contribution in [3.63, 3.8) is 0 Å². The van der Waals surface area contributed by atoms with E-state index in [2.05, 4.69) is 15.9 Å². The molecule has 4 nitrogen and oxygen atoms in total. The Bertz CT molecular complexity index is 540. The van der Waals surface area contributed by atoms with Crippen molar-refractivity contribution >= 4 is 33.3 Å². The second-order valence-corrected chi connectivity index (χ2v) is 6.17. The van der Waals surface area contributed by atoms with Crippen molar-refractivity contribution in [3.05, 3.63) is 39.5 Å². The van der Waals surface area contributed by atoms with Gasteiger partial charge in [-0.2, -0.15) is 4.57 Å². The van der Waals surface area contributed by atoms with Gasteiger partial charge in [-0.15, -0.1) is 11.3 Å². The van der Waals surface area contributed by atoms with Gasteiger partial charge in [0.05, 0.1) is 17.4 Å². The van der Waals surface area contributed by atoms with E-state index < -0.39 is 0 Å². The molecule has 0 bridgehead atoms. The third-order valence-electron chi connectivity index (χ3n) is 2.36. The monoisotopic (exact) mass is 441 g/mol. The highest BCUT2D eigenvalue weighted by Gasteiger charge is 2.17. The van der Waals surface area contributed by atoms with Gasteiger partial charge in [0, 0.05) is 7.05 Å². The smallest absolute Gasteiger partial charge is 0.415 e. The van der Waals surface area contributed by atoms with Crippen LogP contribution in [0.5, 0.6) is 0 Å². The number of hydrogen-bond donors (Lipinski definition) is 0. The van der Waals surface area contributed by atoms with Crippen LogP contribution in [0.2, 0.25) is 0 Å². The van der Waals surface area contributed by atoms with E-state index in [1.165, 1.54) is 0 Å². The van der Waals surface area contributed by atoms with Crippen molar-refractivity contribution in [1.82, 2.24) is 9.47 Å². The summed E-state index contributed by atoms with van der Waals surface area (Å²) in [5, 5.41) is 2.05. The van der Waals surface area contributed by atoms with E-state index in [9.17, 15) is 4.79 Å². The highest BCUT2D eigenvalue weighted by Crippen LogP contribution is 2.21. The highest BCUT2D eigenvalue weighted by atomic mass is 127. The largest absolute Gasteiger partial charge is 1.00 e. The quantitative estimate of drug-likeness (QED) is 0.445. The first-order valence-corrected chi connectivity index (χ1v) is 6.75. The normalized spacial score (nSPS) is 9.94. The number of thiophene rings is 1. The summed E-state index contributed by atoms with van der Waals surface area (Å²) in [4.78, 5) is 13.7. The van der Waals surface area contributed by atoms with Crippen LogP contribution in [0.15, 0.2) is 34.0 Å². The lowest BCUT2D eigenvalue weighted by molar-refractivity contribution is -0.670. The summed E-state index contributed by atoms with van der Waals surface area (Å²) in [5.74, 6) is 0. The van der Waals surface area contributed by atoms with Gasteiger partial charge < -0.3 is 28.9 Å². The first-order chi connectivity index (χ1) is 8.06. The number of rotatable bonds is 2. The van der Waals surface area contributed by atoms with Crippen molar-refractivity contribution < 1.29 is 33.3 Å². The maximum absolute atomic E-state index is 12.0. The van der Waals surface area contributed by atoms with Gasteiger partial charge in [0.1, 0.15) is 12.4 Å². The minimum Gasteiger partial charge on any atom is -1.00 e. The lowest BCUT2D eigenvalue weighted by Gasteiger charge is -2.12. The molecular weight excluding hydrogens is 429 g/mol. The summed E-state index contributed by atoms with van der Waals surface area (Å²) in [5.41, 5.74) is 1.13. The van der Waals surface area contributed by atoms with Gasteiger partial charge in [-0.05, 0) is 32.9 Å². The number of nitrogens with zero attached hydrogens (tertiary/aromatic N) is 3. The van der Waals surface area contributed by atoms with Gasteiger partial charge in [-0.3, -0.25) is 0 Å². The molecule has 2 heterocycles. The minimum absolute atomic E-state index is 0. The van der Waals surface area contributed by atoms with E-state index >= 15 is 0 Å². The molecule has 0 saturated heterocycles. The zero-order chi connectivity index (χ0) is 12.4. The molecule has 18 heavy (non-hydrogen) atoms. The second-order valence-electron chi connectivity index (χ2n) is 3.88. The number of carbonyl (C=O) groups is 1. The molecule has 0 aliphatic carbocycles. The van der Waals surface area contributed by atoms with Gasteiger partial charge in [-0.25, -0.2) is 9.36 Å². The molecule has 1 amide bonds. The van der Waals surface area contributed by atoms with Gasteiger partial charge in [0.15, 0.2) is 0 Å². The molecule has 2 aromatic rings. The molecule has 0 fully saturated rings. The number of halogens is 2. The standard InChI is InChI=1S/C11H13BrN3OS.HI/c1-13-3-4-15(8-13)11(16)14(2)6-9-5-10(12)17-7-9;/h3-5,7-8H,6H2,1-2H3;1H/q+1;/p-1. The third kappa shape index (κ3) is 3.79. The molecule has 0 saturated carbocycles. The molecule has 0 atom stereocenters. The summed E-state index contributed by atoms with van der Waals surface area (Å²) in [6.07, 6.45) is 5.34. The number of aromatic nitrogens is 2. The van der Waals surface area contributed by atoms with Crippen LogP contribution < -0.4 is 28.5 Å². The number of carbonyl (C=O) groups excluding carboxylic acids is 1. The molecule has 2 rings (SSSR count). The maximum Gasteiger partial charge on any atom is 0.415 e. The Hall–Kier alpha value is -0.410. The van der Waals surface area contributed by atoms with Gasteiger partial charge in [-0.1, -0.05) is 0 Å². The predicted molar refractivity (Wildman–Crippen MR) is 69.9 cm³/mol. The van der Waals surface area contributed by atoms with E-state index in [-0.39, 0.29) is 30.0 Å². The number of aryl methyl sites for hydroxylation is 1. The van der Waals surface area contributed by atoms with E-state index in [0.717, 1.165) is 9.35 Å². The first-order valence-electron chi connectivity index (χ1n) is 5.08. The zero-order valence-electron chi connectivity index (χ0n) is 10.0. The molecule has 7 heteroatoms. The molecule has 0 aliphatic rings. The molecule has 0 N–H and O–H groups in total. The molecule has 0 aromatic carbocycles. The SMILES string of the molecule is CN(Cc1csc(Br)c1)C(=O)n1cc[n+](C)c1.[I-]. The average molecular weight is 442 g/mol. The number of amides is 1. The van der Waals surface area contributed by atoms with E-state index in [0.29, 0.717) is 6.54 Å². The number of hydrogen-bond acceptors (Lipinski definition) is 2. The van der Waals surface area contributed by atoms with Gasteiger partial charge >= 0.3 is 6.03 Å². The molecule has 0 aliphatic heterocycles. The Balaban J connectivity index is 0.00000162. The zero-order valence-corrected chi connectivity index (χ0v) is 14.6. The molecule has 0 spiro atoms. The van der Waals surface area contributed by atoms with Crippen LogP contribution in [0.4, 0.5) is 4.79 Å². The Morgan fingerprint density at radius 2 is 2.33 bits per heavy atom. The number of imidazole rings is 1. The molecule has 0 unspecified atom stereocenters. The second kappa shape index (κ2) is 6.67. The van der Waals surface area contributed by atoms with Crippen molar-refractivity contribution in [2.24, 2.45) is 7.05 Å². The molecule has 98 valence electrons. The summed E-state index contributed by atoms with van der Waals surface area (Å²) in [6.45, 7) is 0.614. The Kier molecular flexibility index (Phi) is 5.80. The van der Waals surface area contributed by atoms with E-state index in [1.807, 2.05) is 29.3 Å². The topological polar surface area (TPSA) is 29.1 Å². The Morgan fingerprint density at radius 3 is 2.83 bits per heavy atom. The molecular formula is C11H13BrIN3OS. The maximum atomic E-state index is 12.0. The van der Waals surface area contributed by atoms with E-state index in [1.54, 1.807) is 40.4 Å². The highest BCUT2D eigenvalue weighted by molar-refractivity contribution is 9.11. The third-order valence-corrected chi connectivity index (χ3v) is 3.91. The van der Waals surface area contributed by atoms with Crippen molar-refractivity contribution in [3.8, 4) is 0 Å². The van der Waals surface area contributed by atoms with Crippen molar-refractivity contribution in [2.75, 3.05) is 7.05 Å². The van der Waals surface area contributed by atoms with Crippen LogP contribution in [-0.4, -0.2) is 22.5 Å². The van der Waals surface area contributed by atoms with Crippen molar-refractivity contribution in [1.29, 1.82) is 0 Å². The van der Waals surface area contributed by atoms with Gasteiger partial charge in [0.25, 0.3) is 6.33 Å². The Morgan fingerprint density at radius 1 is 1.61 bits per heavy atom. The Labute approximate surface area is 135 Å². The van der Waals surface area contributed by atoms with Crippen LogP contribution >= 0.6 is 27.3 Å². The fourth-order valence-corrected chi connectivity index (χ4v) is 2.73. The lowest BCUT2D eigenvalue weighted by Crippen LogP contribution is -3.00. The predicted octanol–water partition coefficient (Wildman–Crippen LogP) is -0.759. The fraction of sp³-hybridized carbons (Fsp3) is 0.273. The minimum atomic E-state index is -0.0343. The summed E-state index contributed by atoms with van der Waals surface area (Å²) < 4.78 is 4.50. The van der Waals surface area contributed by atoms with Crippen LogP contribution in [0.3, 0.4) is 0 Å². The fourth-order valence-electron chi connectivity index (χ4n) is 1.53. The van der Waals surface area contributed by atoms with E-state index in [4.69, 9.17) is 0 Å². The summed E-state index contributed by atoms with van der Waals surface area (Å²) in [6, 6.07) is 2.00. The van der Waals surface area contributed by atoms with Crippen LogP contribution in [0, 0.1) is 0 Å². The summed E-state index contributed by atoms with van der Waals surface area (Å²) in [7, 11) is 3.69.